The van der Waals surface area contributed by atoms with Crippen molar-refractivity contribution < 1.29 is 0 Å². The molecule has 0 fully saturated rings. The van der Waals surface area contributed by atoms with Gasteiger partial charge in [-0.3, -0.25) is 0 Å². The predicted octanol–water partition coefficient (Wildman–Crippen LogP) is 3.45. The Morgan fingerprint density at radius 3 is 2.42 bits per heavy atom. The van der Waals surface area contributed by atoms with Crippen LogP contribution in [0, 0.1) is 5.41 Å². The van der Waals surface area contributed by atoms with Crippen LogP contribution in [0.4, 0.5) is 0 Å². The molecule has 1 nitrogen and oxygen atoms in total. The predicted molar refractivity (Wildman–Crippen MR) is 55.7 cm³/mol. The van der Waals surface area contributed by atoms with Crippen molar-refractivity contribution >= 4 is 22.9 Å². The molecule has 0 aromatic carbocycles. The van der Waals surface area contributed by atoms with Crippen LogP contribution in [0.2, 0.25) is 5.02 Å². The number of hydrogen-bond acceptors (Lipinski definition) is 2. The Kier molecular flexibility index (Phi) is 2.81. The van der Waals surface area contributed by atoms with Gasteiger partial charge in [0.2, 0.25) is 0 Å². The summed E-state index contributed by atoms with van der Waals surface area (Å²) in [6, 6.07) is 1.93. The molecule has 2 N–H and O–H groups in total. The Morgan fingerprint density at radius 2 is 2.08 bits per heavy atom. The average Bonchev–Trinajstić information content (AvgIpc) is 2.31. The fourth-order valence-corrected chi connectivity index (χ4v) is 2.34. The van der Waals surface area contributed by atoms with Gasteiger partial charge >= 0.3 is 0 Å². The molecule has 68 valence electrons. The van der Waals surface area contributed by atoms with E-state index in [0.717, 1.165) is 9.90 Å². The fourth-order valence-electron chi connectivity index (χ4n) is 0.921. The summed E-state index contributed by atoms with van der Waals surface area (Å²) in [5.74, 6) is 0. The first-order chi connectivity index (χ1) is 5.43. The molecule has 0 saturated heterocycles. The summed E-state index contributed by atoms with van der Waals surface area (Å²) in [5.41, 5.74) is 6.12. The van der Waals surface area contributed by atoms with Crippen LogP contribution in [0.5, 0.6) is 0 Å². The largest absolute Gasteiger partial charge is 0.323 e. The van der Waals surface area contributed by atoms with Gasteiger partial charge in [0.25, 0.3) is 0 Å². The molecule has 1 aromatic rings. The minimum atomic E-state index is 0.0324. The topological polar surface area (TPSA) is 26.0 Å². The maximum Gasteiger partial charge on any atom is 0.0561 e. The van der Waals surface area contributed by atoms with Crippen LogP contribution in [-0.4, -0.2) is 0 Å². The first kappa shape index (κ1) is 10.0. The van der Waals surface area contributed by atoms with E-state index < -0.39 is 0 Å². The first-order valence-corrected chi connectivity index (χ1v) is 5.17. The van der Waals surface area contributed by atoms with Gasteiger partial charge in [-0.1, -0.05) is 32.4 Å². The Bertz CT molecular complexity index is 262. The second kappa shape index (κ2) is 3.36. The van der Waals surface area contributed by atoms with E-state index >= 15 is 0 Å². The Balaban J connectivity index is 2.92. The van der Waals surface area contributed by atoms with E-state index in [0.29, 0.717) is 0 Å². The van der Waals surface area contributed by atoms with Crippen LogP contribution >= 0.6 is 22.9 Å². The second-order valence-corrected chi connectivity index (χ2v) is 5.33. The molecule has 0 bridgehead atoms. The molecule has 3 heteroatoms. The van der Waals surface area contributed by atoms with Crippen molar-refractivity contribution in [2.24, 2.45) is 11.1 Å². The molecule has 1 aromatic heterocycles. The maximum absolute atomic E-state index is 6.04. The van der Waals surface area contributed by atoms with Gasteiger partial charge in [0.15, 0.2) is 0 Å². The van der Waals surface area contributed by atoms with Gasteiger partial charge in [-0.15, -0.1) is 11.3 Å². The second-order valence-electron chi connectivity index (χ2n) is 3.98. The molecule has 1 rings (SSSR count). The fraction of sp³-hybridized carbons (Fsp3) is 0.556. The van der Waals surface area contributed by atoms with Crippen LogP contribution in [0.25, 0.3) is 0 Å². The Labute approximate surface area is 82.5 Å². The number of thiophene rings is 1. The van der Waals surface area contributed by atoms with Crippen LogP contribution in [0.15, 0.2) is 11.4 Å². The number of nitrogens with two attached hydrogens (primary N) is 1. The molecule has 0 saturated carbocycles. The number of halogens is 1. The number of hydrogen-bond donors (Lipinski definition) is 1. The smallest absolute Gasteiger partial charge is 0.0561 e. The van der Waals surface area contributed by atoms with E-state index in [2.05, 4.69) is 20.8 Å². The lowest BCUT2D eigenvalue weighted by atomic mass is 9.86. The third kappa shape index (κ3) is 2.00. The normalized spacial score (nSPS) is 14.8. The third-order valence-corrected chi connectivity index (χ3v) is 3.30. The van der Waals surface area contributed by atoms with E-state index in [1.54, 1.807) is 11.3 Å². The zero-order valence-corrected chi connectivity index (χ0v) is 9.17. The SMILES string of the molecule is CC(C)(C)[C@H](N)c1sccc1Cl. The van der Waals surface area contributed by atoms with E-state index in [1.807, 2.05) is 11.4 Å². The van der Waals surface area contributed by atoms with Crippen molar-refractivity contribution in [3.8, 4) is 0 Å². The number of rotatable bonds is 1. The standard InChI is InChI=1S/C9H14ClNS/c1-9(2,3)8(11)7-6(10)4-5-12-7/h4-5,8H,11H2,1-3H3/t8-/m1/s1. The third-order valence-electron chi connectivity index (χ3n) is 1.86. The summed E-state index contributed by atoms with van der Waals surface area (Å²) in [6.45, 7) is 6.36. The van der Waals surface area contributed by atoms with Crippen molar-refractivity contribution in [1.82, 2.24) is 0 Å². The highest BCUT2D eigenvalue weighted by Crippen LogP contribution is 2.37. The summed E-state index contributed by atoms with van der Waals surface area (Å²) in [7, 11) is 0. The van der Waals surface area contributed by atoms with Gasteiger partial charge in [0, 0.05) is 10.9 Å². The Morgan fingerprint density at radius 1 is 1.50 bits per heavy atom. The summed E-state index contributed by atoms with van der Waals surface area (Å²) in [4.78, 5) is 1.09. The quantitative estimate of drug-likeness (QED) is 0.744. The van der Waals surface area contributed by atoms with Gasteiger partial charge in [-0.25, -0.2) is 0 Å². The zero-order valence-electron chi connectivity index (χ0n) is 7.60. The van der Waals surface area contributed by atoms with Crippen molar-refractivity contribution in [2.45, 2.75) is 26.8 Å². The highest BCUT2D eigenvalue weighted by Gasteiger charge is 2.24. The van der Waals surface area contributed by atoms with Crippen LogP contribution < -0.4 is 5.73 Å². The van der Waals surface area contributed by atoms with Crippen LogP contribution in [-0.2, 0) is 0 Å². The van der Waals surface area contributed by atoms with E-state index in [-0.39, 0.29) is 11.5 Å². The first-order valence-electron chi connectivity index (χ1n) is 3.91. The molecule has 1 atom stereocenters. The molecule has 0 aliphatic carbocycles. The van der Waals surface area contributed by atoms with Crippen molar-refractivity contribution in [1.29, 1.82) is 0 Å². The molecular formula is C9H14ClNS. The minimum Gasteiger partial charge on any atom is -0.323 e. The molecule has 12 heavy (non-hydrogen) atoms. The molecule has 0 amide bonds. The van der Waals surface area contributed by atoms with E-state index in [9.17, 15) is 0 Å². The highest BCUT2D eigenvalue weighted by molar-refractivity contribution is 7.10. The Hall–Kier alpha value is -0.0500. The molecule has 1 heterocycles. The lowest BCUT2D eigenvalue weighted by Crippen LogP contribution is -2.25. The minimum absolute atomic E-state index is 0.0324. The molecule has 0 aliphatic rings. The molecular weight excluding hydrogens is 190 g/mol. The summed E-state index contributed by atoms with van der Waals surface area (Å²) < 4.78 is 0. The van der Waals surface area contributed by atoms with Crippen molar-refractivity contribution in [3.05, 3.63) is 21.3 Å². The molecule has 0 aliphatic heterocycles. The van der Waals surface area contributed by atoms with Gasteiger partial charge < -0.3 is 5.73 Å². The van der Waals surface area contributed by atoms with Crippen LogP contribution in [0.1, 0.15) is 31.7 Å². The van der Waals surface area contributed by atoms with Crippen LogP contribution in [0.3, 0.4) is 0 Å². The van der Waals surface area contributed by atoms with E-state index in [4.69, 9.17) is 17.3 Å². The van der Waals surface area contributed by atoms with Crippen molar-refractivity contribution in [2.75, 3.05) is 0 Å². The molecule has 0 unspecified atom stereocenters. The molecule has 0 radical (unpaired) electrons. The highest BCUT2D eigenvalue weighted by atomic mass is 35.5. The average molecular weight is 204 g/mol. The lowest BCUT2D eigenvalue weighted by molar-refractivity contribution is 0.331. The van der Waals surface area contributed by atoms with Gasteiger partial charge in [0.05, 0.1) is 5.02 Å². The summed E-state index contributed by atoms with van der Waals surface area (Å²) >= 11 is 7.60. The maximum atomic E-state index is 6.04. The summed E-state index contributed by atoms with van der Waals surface area (Å²) in [6.07, 6.45) is 0. The lowest BCUT2D eigenvalue weighted by Gasteiger charge is -2.26. The summed E-state index contributed by atoms with van der Waals surface area (Å²) in [5, 5.41) is 2.77. The monoisotopic (exact) mass is 203 g/mol. The zero-order chi connectivity index (χ0) is 9.35. The van der Waals surface area contributed by atoms with E-state index in [1.165, 1.54) is 0 Å². The van der Waals surface area contributed by atoms with Gasteiger partial charge in [-0.05, 0) is 16.9 Å². The molecule has 0 spiro atoms. The van der Waals surface area contributed by atoms with Gasteiger partial charge in [-0.2, -0.15) is 0 Å². The van der Waals surface area contributed by atoms with Crippen molar-refractivity contribution in [3.63, 3.8) is 0 Å². The van der Waals surface area contributed by atoms with Gasteiger partial charge in [0.1, 0.15) is 0 Å².